The van der Waals surface area contributed by atoms with Gasteiger partial charge in [0.25, 0.3) is 0 Å². The van der Waals surface area contributed by atoms with Crippen LogP contribution < -0.4 is 10.8 Å². The van der Waals surface area contributed by atoms with Crippen molar-refractivity contribution in [1.29, 1.82) is 0 Å². The maximum absolute atomic E-state index is 11.9. The second-order valence-electron chi connectivity index (χ2n) is 4.74. The highest BCUT2D eigenvalue weighted by atomic mass is 16.5. The van der Waals surface area contributed by atoms with E-state index in [1.807, 2.05) is 30.3 Å². The summed E-state index contributed by atoms with van der Waals surface area (Å²) in [5.74, 6) is 0.996. The summed E-state index contributed by atoms with van der Waals surface area (Å²) in [4.78, 5) is 23.2. The summed E-state index contributed by atoms with van der Waals surface area (Å²) >= 11 is 0. The molecular formula is C16H20N2O3. The highest BCUT2D eigenvalue weighted by Gasteiger charge is 2.21. The first-order valence-corrected chi connectivity index (χ1v) is 6.85. The number of carbonyl (C=O) groups excluding carboxylic acids is 2. The summed E-state index contributed by atoms with van der Waals surface area (Å²) < 4.78 is 0. The fourth-order valence-corrected chi connectivity index (χ4v) is 2.08. The number of amides is 2. The van der Waals surface area contributed by atoms with Gasteiger partial charge in [0.05, 0.1) is 6.54 Å². The van der Waals surface area contributed by atoms with E-state index in [1.165, 1.54) is 5.56 Å². The number of benzene rings is 1. The number of nitrogens with one attached hydrogen (secondary N) is 2. The average Bonchev–Trinajstić information content (AvgIpc) is 2.52. The Labute approximate surface area is 124 Å². The van der Waals surface area contributed by atoms with Crippen molar-refractivity contribution in [3.63, 3.8) is 0 Å². The zero-order valence-electron chi connectivity index (χ0n) is 11.8. The highest BCUT2D eigenvalue weighted by Crippen LogP contribution is 2.14. The topological polar surface area (TPSA) is 78.4 Å². The van der Waals surface area contributed by atoms with Gasteiger partial charge in [-0.15, -0.1) is 6.42 Å². The Balaban J connectivity index is 2.50. The van der Waals surface area contributed by atoms with Gasteiger partial charge < -0.3 is 5.32 Å². The van der Waals surface area contributed by atoms with Crippen LogP contribution >= 0.6 is 0 Å². The molecule has 0 aliphatic carbocycles. The van der Waals surface area contributed by atoms with Crippen LogP contribution in [0.3, 0.4) is 0 Å². The van der Waals surface area contributed by atoms with Gasteiger partial charge in [0.1, 0.15) is 0 Å². The summed E-state index contributed by atoms with van der Waals surface area (Å²) in [5, 5.41) is 11.2. The minimum Gasteiger partial charge on any atom is -0.345 e. The molecule has 0 spiro atoms. The molecule has 0 bridgehead atoms. The maximum atomic E-state index is 11.9. The summed E-state index contributed by atoms with van der Waals surface area (Å²) in [7, 11) is 0. The first-order valence-electron chi connectivity index (χ1n) is 6.85. The van der Waals surface area contributed by atoms with Gasteiger partial charge in [0.2, 0.25) is 11.8 Å². The Bertz CT molecular complexity index is 494. The molecule has 0 aliphatic rings. The lowest BCUT2D eigenvalue weighted by Gasteiger charge is -2.15. The summed E-state index contributed by atoms with van der Waals surface area (Å²) in [6.45, 7) is 0.134. The van der Waals surface area contributed by atoms with Crippen LogP contribution in [0.25, 0.3) is 0 Å². The molecule has 0 aliphatic heterocycles. The van der Waals surface area contributed by atoms with Crippen molar-refractivity contribution in [2.75, 3.05) is 6.54 Å². The van der Waals surface area contributed by atoms with Gasteiger partial charge in [-0.05, 0) is 24.8 Å². The van der Waals surface area contributed by atoms with Crippen molar-refractivity contribution < 1.29 is 14.8 Å². The lowest BCUT2D eigenvalue weighted by Crippen LogP contribution is -2.34. The number of rotatable bonds is 8. The molecular weight excluding hydrogens is 268 g/mol. The van der Waals surface area contributed by atoms with Crippen LogP contribution in [0.1, 0.15) is 24.8 Å². The molecule has 1 aromatic rings. The summed E-state index contributed by atoms with van der Waals surface area (Å²) in [5.41, 5.74) is 2.74. The van der Waals surface area contributed by atoms with E-state index in [9.17, 15) is 9.59 Å². The third-order valence-corrected chi connectivity index (χ3v) is 3.15. The molecule has 0 heterocycles. The molecule has 0 aromatic heterocycles. The molecule has 0 saturated heterocycles. The number of hydrogen-bond acceptors (Lipinski definition) is 3. The first-order chi connectivity index (χ1) is 10.2. The number of carbonyl (C=O) groups is 2. The quantitative estimate of drug-likeness (QED) is 0.383. The van der Waals surface area contributed by atoms with E-state index in [4.69, 9.17) is 11.6 Å². The predicted octanol–water partition coefficient (Wildman–Crippen LogP) is 1.27. The van der Waals surface area contributed by atoms with Gasteiger partial charge in [-0.25, -0.2) is 5.48 Å². The maximum Gasteiger partial charge on any atom is 0.244 e. The molecule has 1 aromatic carbocycles. The minimum absolute atomic E-state index is 0.0539. The van der Waals surface area contributed by atoms with Crippen LogP contribution in [0.2, 0.25) is 0 Å². The van der Waals surface area contributed by atoms with Crippen molar-refractivity contribution in [2.24, 2.45) is 5.92 Å². The van der Waals surface area contributed by atoms with Gasteiger partial charge in [-0.1, -0.05) is 36.3 Å². The molecule has 3 N–H and O–H groups in total. The second-order valence-corrected chi connectivity index (χ2v) is 4.74. The Morgan fingerprint density at radius 2 is 2.00 bits per heavy atom. The summed E-state index contributed by atoms with van der Waals surface area (Å²) in [6.07, 6.45) is 7.21. The standard InChI is InChI=1S/C16H20N2O3/c1-2-11-17-16(20)14(12-15(19)18-21)10-6-9-13-7-4-3-5-8-13/h1,3-5,7-8,14,21H,6,9-12H2,(H,17,20)(H,18,19). The fraction of sp³-hybridized carbons (Fsp3) is 0.375. The molecule has 0 radical (unpaired) electrons. The molecule has 0 fully saturated rings. The van der Waals surface area contributed by atoms with E-state index in [1.54, 1.807) is 5.48 Å². The monoisotopic (exact) mass is 288 g/mol. The molecule has 5 heteroatoms. The van der Waals surface area contributed by atoms with Crippen molar-refractivity contribution in [3.05, 3.63) is 35.9 Å². The Hall–Kier alpha value is -2.32. The molecule has 1 atom stereocenters. The normalized spacial score (nSPS) is 11.2. The van der Waals surface area contributed by atoms with Crippen molar-refractivity contribution in [3.8, 4) is 12.3 Å². The molecule has 2 amide bonds. The SMILES string of the molecule is C#CCNC(=O)C(CCCc1ccccc1)CC(=O)NO. The fourth-order valence-electron chi connectivity index (χ4n) is 2.08. The number of terminal acetylenes is 1. The molecule has 1 unspecified atom stereocenters. The number of hydroxylamine groups is 1. The van der Waals surface area contributed by atoms with Crippen LogP contribution in [0.15, 0.2) is 30.3 Å². The van der Waals surface area contributed by atoms with Crippen LogP contribution in [-0.2, 0) is 16.0 Å². The van der Waals surface area contributed by atoms with E-state index in [0.717, 1.165) is 12.8 Å². The van der Waals surface area contributed by atoms with E-state index >= 15 is 0 Å². The van der Waals surface area contributed by atoms with E-state index in [2.05, 4.69) is 11.2 Å². The highest BCUT2D eigenvalue weighted by molar-refractivity contribution is 5.85. The molecule has 21 heavy (non-hydrogen) atoms. The van der Waals surface area contributed by atoms with Gasteiger partial charge >= 0.3 is 0 Å². The van der Waals surface area contributed by atoms with Crippen LogP contribution in [-0.4, -0.2) is 23.6 Å². The average molecular weight is 288 g/mol. The zero-order valence-corrected chi connectivity index (χ0v) is 11.8. The molecule has 0 saturated carbocycles. The van der Waals surface area contributed by atoms with Crippen molar-refractivity contribution >= 4 is 11.8 Å². The van der Waals surface area contributed by atoms with Crippen molar-refractivity contribution in [1.82, 2.24) is 10.8 Å². The van der Waals surface area contributed by atoms with E-state index in [0.29, 0.717) is 6.42 Å². The molecule has 112 valence electrons. The van der Waals surface area contributed by atoms with Gasteiger partial charge in [0.15, 0.2) is 0 Å². The first kappa shape index (κ1) is 16.7. The van der Waals surface area contributed by atoms with Gasteiger partial charge in [-0.2, -0.15) is 0 Å². The van der Waals surface area contributed by atoms with E-state index < -0.39 is 11.8 Å². The Kier molecular flexibility index (Phi) is 7.62. The minimum atomic E-state index is -0.574. The third-order valence-electron chi connectivity index (χ3n) is 3.15. The Morgan fingerprint density at radius 3 is 2.62 bits per heavy atom. The third kappa shape index (κ3) is 6.59. The largest absolute Gasteiger partial charge is 0.345 e. The number of hydrogen-bond donors (Lipinski definition) is 3. The van der Waals surface area contributed by atoms with Gasteiger partial charge in [-0.3, -0.25) is 14.8 Å². The number of aryl methyl sites for hydroxylation is 1. The zero-order chi connectivity index (χ0) is 15.5. The lowest BCUT2D eigenvalue weighted by atomic mass is 9.95. The van der Waals surface area contributed by atoms with Crippen molar-refractivity contribution in [2.45, 2.75) is 25.7 Å². The smallest absolute Gasteiger partial charge is 0.244 e. The van der Waals surface area contributed by atoms with Crippen LogP contribution in [0.5, 0.6) is 0 Å². The van der Waals surface area contributed by atoms with Gasteiger partial charge in [0, 0.05) is 12.3 Å². The lowest BCUT2D eigenvalue weighted by molar-refractivity contribution is -0.134. The van der Waals surface area contributed by atoms with Crippen LogP contribution in [0, 0.1) is 18.3 Å². The second kappa shape index (κ2) is 9.56. The Morgan fingerprint density at radius 1 is 1.29 bits per heavy atom. The molecule has 1 rings (SSSR count). The molecule has 5 nitrogen and oxygen atoms in total. The van der Waals surface area contributed by atoms with E-state index in [-0.39, 0.29) is 18.9 Å². The predicted molar refractivity (Wildman–Crippen MR) is 79.3 cm³/mol. The van der Waals surface area contributed by atoms with Crippen LogP contribution in [0.4, 0.5) is 0 Å². The summed E-state index contributed by atoms with van der Waals surface area (Å²) in [6, 6.07) is 9.92.